The summed E-state index contributed by atoms with van der Waals surface area (Å²) >= 11 is 6.02. The number of ether oxygens (including phenoxy) is 1. The van der Waals surface area contributed by atoms with E-state index in [4.69, 9.17) is 22.1 Å². The Kier molecular flexibility index (Phi) is 6.82. The number of anilines is 1. The molecular formula is C15H23ClN2O2. The number of hydrogen-bond acceptors (Lipinski definition) is 3. The van der Waals surface area contributed by atoms with Crippen LogP contribution in [0.1, 0.15) is 26.7 Å². The number of nitrogens with two attached hydrogens (primary N) is 1. The topological polar surface area (TPSA) is 64.3 Å². The minimum Gasteiger partial charge on any atom is -0.495 e. The summed E-state index contributed by atoms with van der Waals surface area (Å²) in [6.07, 6.45) is 1.38. The van der Waals surface area contributed by atoms with Crippen LogP contribution in [-0.4, -0.2) is 19.6 Å². The molecule has 1 aromatic carbocycles. The average Bonchev–Trinajstić information content (AvgIpc) is 2.37. The van der Waals surface area contributed by atoms with Crippen LogP contribution in [0.4, 0.5) is 5.69 Å². The summed E-state index contributed by atoms with van der Waals surface area (Å²) in [5.74, 6) is 1.29. The maximum Gasteiger partial charge on any atom is 0.224 e. The zero-order valence-corrected chi connectivity index (χ0v) is 13.0. The highest BCUT2D eigenvalue weighted by molar-refractivity contribution is 6.32. The van der Waals surface area contributed by atoms with Crippen LogP contribution in [0.5, 0.6) is 5.75 Å². The molecule has 0 aliphatic carbocycles. The molecule has 0 saturated heterocycles. The van der Waals surface area contributed by atoms with Crippen molar-refractivity contribution in [2.75, 3.05) is 19.0 Å². The lowest BCUT2D eigenvalue weighted by molar-refractivity contribution is -0.117. The molecule has 1 unspecified atom stereocenters. The van der Waals surface area contributed by atoms with Gasteiger partial charge in [-0.3, -0.25) is 4.79 Å². The van der Waals surface area contributed by atoms with E-state index >= 15 is 0 Å². The molecule has 20 heavy (non-hydrogen) atoms. The van der Waals surface area contributed by atoms with Crippen molar-refractivity contribution in [3.8, 4) is 5.75 Å². The Balaban J connectivity index is 2.59. The summed E-state index contributed by atoms with van der Waals surface area (Å²) in [6, 6.07) is 5.17. The average molecular weight is 299 g/mol. The van der Waals surface area contributed by atoms with E-state index in [1.54, 1.807) is 25.3 Å². The van der Waals surface area contributed by atoms with Crippen molar-refractivity contribution in [3.05, 3.63) is 23.2 Å². The number of rotatable bonds is 7. The van der Waals surface area contributed by atoms with Gasteiger partial charge in [0.25, 0.3) is 0 Å². The first-order valence-corrected chi connectivity index (χ1v) is 7.17. The summed E-state index contributed by atoms with van der Waals surface area (Å²) < 4.78 is 5.07. The van der Waals surface area contributed by atoms with E-state index in [0.717, 1.165) is 6.42 Å². The molecule has 1 atom stereocenters. The van der Waals surface area contributed by atoms with Crippen LogP contribution in [0.25, 0.3) is 0 Å². The largest absolute Gasteiger partial charge is 0.495 e. The molecular weight excluding hydrogens is 276 g/mol. The van der Waals surface area contributed by atoms with Gasteiger partial charge in [-0.2, -0.15) is 0 Å². The van der Waals surface area contributed by atoms with Gasteiger partial charge in [0.15, 0.2) is 0 Å². The van der Waals surface area contributed by atoms with Crippen molar-refractivity contribution < 1.29 is 9.53 Å². The van der Waals surface area contributed by atoms with Gasteiger partial charge in [0.05, 0.1) is 12.1 Å². The Morgan fingerprint density at radius 2 is 2.15 bits per heavy atom. The highest BCUT2D eigenvalue weighted by Crippen LogP contribution is 2.27. The van der Waals surface area contributed by atoms with Gasteiger partial charge < -0.3 is 15.8 Å². The minimum atomic E-state index is -0.0395. The molecule has 0 aliphatic heterocycles. The van der Waals surface area contributed by atoms with Crippen LogP contribution in [0.2, 0.25) is 5.02 Å². The molecule has 112 valence electrons. The number of hydrogen-bond donors (Lipinski definition) is 2. The number of carbonyl (C=O) groups is 1. The van der Waals surface area contributed by atoms with Crippen molar-refractivity contribution in [2.24, 2.45) is 17.6 Å². The van der Waals surface area contributed by atoms with Gasteiger partial charge >= 0.3 is 0 Å². The van der Waals surface area contributed by atoms with Gasteiger partial charge in [-0.1, -0.05) is 25.4 Å². The van der Waals surface area contributed by atoms with Crippen LogP contribution < -0.4 is 15.8 Å². The molecule has 4 nitrogen and oxygen atoms in total. The van der Waals surface area contributed by atoms with E-state index in [-0.39, 0.29) is 11.8 Å². The summed E-state index contributed by atoms with van der Waals surface area (Å²) in [7, 11) is 1.55. The third-order valence-electron chi connectivity index (χ3n) is 3.05. The maximum atomic E-state index is 12.0. The number of amides is 1. The van der Waals surface area contributed by atoms with E-state index in [2.05, 4.69) is 19.2 Å². The fraction of sp³-hybridized carbons (Fsp3) is 0.533. The Morgan fingerprint density at radius 3 is 2.65 bits per heavy atom. The smallest absolute Gasteiger partial charge is 0.224 e. The van der Waals surface area contributed by atoms with Gasteiger partial charge in [0.2, 0.25) is 5.91 Å². The number of carbonyl (C=O) groups excluding carboxylic acids is 1. The number of benzene rings is 1. The van der Waals surface area contributed by atoms with Crippen molar-refractivity contribution in [2.45, 2.75) is 26.7 Å². The molecule has 5 heteroatoms. The zero-order valence-electron chi connectivity index (χ0n) is 12.3. The minimum absolute atomic E-state index is 0.0395. The Morgan fingerprint density at radius 1 is 1.45 bits per heavy atom. The normalized spacial score (nSPS) is 12.3. The SMILES string of the molecule is COc1ccc(NC(=O)CC(CN)CC(C)C)cc1Cl. The Hall–Kier alpha value is -1.26. The molecule has 0 spiro atoms. The first kappa shape index (κ1) is 16.8. The molecule has 0 radical (unpaired) electrons. The maximum absolute atomic E-state index is 12.0. The summed E-state index contributed by atoms with van der Waals surface area (Å²) in [4.78, 5) is 12.0. The number of methoxy groups -OCH3 is 1. The third-order valence-corrected chi connectivity index (χ3v) is 3.34. The van der Waals surface area contributed by atoms with Crippen molar-refractivity contribution in [3.63, 3.8) is 0 Å². The highest BCUT2D eigenvalue weighted by atomic mass is 35.5. The second kappa shape index (κ2) is 8.12. The standard InChI is InChI=1S/C15H23ClN2O2/c1-10(2)6-11(9-17)7-15(19)18-12-4-5-14(20-3)13(16)8-12/h4-5,8,10-11H,6-7,9,17H2,1-3H3,(H,18,19). The van der Waals surface area contributed by atoms with Crippen LogP contribution in [-0.2, 0) is 4.79 Å². The van der Waals surface area contributed by atoms with Crippen molar-refractivity contribution in [1.29, 1.82) is 0 Å². The van der Waals surface area contributed by atoms with E-state index in [1.807, 2.05) is 0 Å². The molecule has 0 fully saturated rings. The predicted octanol–water partition coefficient (Wildman–Crippen LogP) is 3.30. The van der Waals surface area contributed by atoms with Crippen molar-refractivity contribution in [1.82, 2.24) is 0 Å². The highest BCUT2D eigenvalue weighted by Gasteiger charge is 2.14. The van der Waals surface area contributed by atoms with Crippen LogP contribution in [0.3, 0.4) is 0 Å². The summed E-state index contributed by atoms with van der Waals surface area (Å²) in [5, 5.41) is 3.31. The molecule has 1 aromatic rings. The first-order valence-electron chi connectivity index (χ1n) is 6.79. The van der Waals surface area contributed by atoms with Gasteiger partial charge in [-0.15, -0.1) is 0 Å². The Labute approximate surface area is 125 Å². The molecule has 0 aromatic heterocycles. The zero-order chi connectivity index (χ0) is 15.1. The van der Waals surface area contributed by atoms with E-state index < -0.39 is 0 Å². The van der Waals surface area contributed by atoms with Gasteiger partial charge in [0.1, 0.15) is 5.75 Å². The number of nitrogens with one attached hydrogen (secondary N) is 1. The molecule has 3 N–H and O–H groups in total. The second-order valence-corrected chi connectivity index (χ2v) is 5.74. The molecule has 1 amide bonds. The summed E-state index contributed by atoms with van der Waals surface area (Å²) in [6.45, 7) is 4.78. The Bertz CT molecular complexity index is 449. The predicted molar refractivity (Wildman–Crippen MR) is 83.3 cm³/mol. The van der Waals surface area contributed by atoms with Gasteiger partial charge in [0, 0.05) is 12.1 Å². The first-order chi connectivity index (χ1) is 9.46. The van der Waals surface area contributed by atoms with E-state index in [9.17, 15) is 4.79 Å². The summed E-state index contributed by atoms with van der Waals surface area (Å²) in [5.41, 5.74) is 6.37. The quantitative estimate of drug-likeness (QED) is 0.812. The van der Waals surface area contributed by atoms with Crippen molar-refractivity contribution >= 4 is 23.2 Å². The molecule has 0 aliphatic rings. The van der Waals surface area contributed by atoms with E-state index in [0.29, 0.717) is 35.3 Å². The molecule has 0 heterocycles. The second-order valence-electron chi connectivity index (χ2n) is 5.33. The lowest BCUT2D eigenvalue weighted by Gasteiger charge is -2.16. The van der Waals surface area contributed by atoms with Gasteiger partial charge in [-0.05, 0) is 43.0 Å². The lowest BCUT2D eigenvalue weighted by atomic mass is 9.94. The van der Waals surface area contributed by atoms with Crippen LogP contribution in [0, 0.1) is 11.8 Å². The molecule has 0 bridgehead atoms. The molecule has 0 saturated carbocycles. The lowest BCUT2D eigenvalue weighted by Crippen LogP contribution is -2.23. The van der Waals surface area contributed by atoms with Crippen LogP contribution >= 0.6 is 11.6 Å². The molecule has 1 rings (SSSR count). The van der Waals surface area contributed by atoms with Crippen LogP contribution in [0.15, 0.2) is 18.2 Å². The third kappa shape index (κ3) is 5.39. The van der Waals surface area contributed by atoms with E-state index in [1.165, 1.54) is 0 Å². The number of halogens is 1. The fourth-order valence-electron chi connectivity index (χ4n) is 2.15. The fourth-order valence-corrected chi connectivity index (χ4v) is 2.41. The monoisotopic (exact) mass is 298 g/mol. The van der Waals surface area contributed by atoms with Gasteiger partial charge in [-0.25, -0.2) is 0 Å².